The van der Waals surface area contributed by atoms with E-state index in [2.05, 4.69) is 25.2 Å². The Labute approximate surface area is 215 Å². The van der Waals surface area contributed by atoms with E-state index >= 15 is 0 Å². The lowest BCUT2D eigenvalue weighted by Gasteiger charge is -2.32. The van der Waals surface area contributed by atoms with Crippen LogP contribution in [0.1, 0.15) is 44.5 Å². The van der Waals surface area contributed by atoms with Gasteiger partial charge in [-0.05, 0) is 102 Å². The molecule has 0 aliphatic carbocycles. The summed E-state index contributed by atoms with van der Waals surface area (Å²) in [5, 5.41) is 5.77. The van der Waals surface area contributed by atoms with Crippen molar-refractivity contribution in [2.75, 3.05) is 38.0 Å². The monoisotopic (exact) mass is 517 g/mol. The Morgan fingerprint density at radius 2 is 1.72 bits per heavy atom. The number of nitrogens with one attached hydrogen (secondary N) is 3. The number of rotatable bonds is 11. The number of likely N-dealkylation sites (tertiary alicyclic amines) is 1. The van der Waals surface area contributed by atoms with Crippen LogP contribution in [-0.4, -0.2) is 63.2 Å². The Hall–Kier alpha value is -2.69. The number of nitrogens with zero attached hydrogens (tertiary/aromatic N) is 2. The van der Waals surface area contributed by atoms with E-state index in [1.807, 2.05) is 39.8 Å². The van der Waals surface area contributed by atoms with Crippen LogP contribution < -0.4 is 20.1 Å². The summed E-state index contributed by atoms with van der Waals surface area (Å²) >= 11 is 0. The summed E-state index contributed by atoms with van der Waals surface area (Å²) in [6.45, 7) is 11.3. The zero-order chi connectivity index (χ0) is 26.1. The molecule has 1 aliphatic rings. The molecule has 2 aromatic rings. The van der Waals surface area contributed by atoms with Gasteiger partial charge in [0.1, 0.15) is 5.75 Å². The van der Waals surface area contributed by atoms with Crippen molar-refractivity contribution in [2.24, 2.45) is 5.92 Å². The Balaban J connectivity index is 1.31. The zero-order valence-electron chi connectivity index (χ0n) is 21.7. The molecule has 10 heteroatoms. The molecular weight excluding hydrogens is 478 g/mol. The summed E-state index contributed by atoms with van der Waals surface area (Å²) in [6, 6.07) is 9.99. The van der Waals surface area contributed by atoms with Gasteiger partial charge in [-0.15, -0.1) is 0 Å². The van der Waals surface area contributed by atoms with Gasteiger partial charge in [-0.3, -0.25) is 4.98 Å². The highest BCUT2D eigenvalue weighted by atomic mass is 32.2. The number of hydrogen-bond acceptors (Lipinski definition) is 6. The maximum atomic E-state index is 12.6. The first kappa shape index (κ1) is 27.9. The van der Waals surface area contributed by atoms with Crippen molar-refractivity contribution < 1.29 is 17.9 Å². The molecule has 1 aromatic heterocycles. The first-order valence-corrected chi connectivity index (χ1v) is 14.1. The van der Waals surface area contributed by atoms with Crippen LogP contribution in [0.15, 0.2) is 41.3 Å². The average Bonchev–Trinajstić information content (AvgIpc) is 2.79. The minimum absolute atomic E-state index is 0.0409. The zero-order valence-corrected chi connectivity index (χ0v) is 22.5. The molecule has 0 unspecified atom stereocenters. The van der Waals surface area contributed by atoms with Crippen LogP contribution in [0.3, 0.4) is 0 Å². The van der Waals surface area contributed by atoms with E-state index < -0.39 is 10.0 Å². The van der Waals surface area contributed by atoms with Gasteiger partial charge in [-0.2, -0.15) is 0 Å². The number of urea groups is 1. The third-order valence-electron chi connectivity index (χ3n) is 6.11. The number of piperidine rings is 1. The lowest BCUT2D eigenvalue weighted by molar-refractivity contribution is 0.180. The first-order chi connectivity index (χ1) is 17.1. The molecule has 1 saturated heterocycles. The smallest absolute Gasteiger partial charge is 0.319 e. The standard InChI is InChI=1S/C26H39N5O4S/c1-19(2)35-24-5-7-25(8-6-24)36(33,34)28-12-9-22-10-14-31(15-11-22)16-13-27-26(32)30-23-17-20(3)29-21(4)18-23/h5-8,17-19,22,28H,9-16H2,1-4H3,(H2,27,29,30,32). The van der Waals surface area contributed by atoms with E-state index in [4.69, 9.17) is 4.74 Å². The van der Waals surface area contributed by atoms with Crippen LogP contribution in [0, 0.1) is 19.8 Å². The number of pyridine rings is 1. The lowest BCUT2D eigenvalue weighted by atomic mass is 9.94. The number of hydrogen-bond donors (Lipinski definition) is 3. The fourth-order valence-electron chi connectivity index (χ4n) is 4.36. The van der Waals surface area contributed by atoms with E-state index in [9.17, 15) is 13.2 Å². The number of aryl methyl sites for hydroxylation is 2. The van der Waals surface area contributed by atoms with E-state index in [1.165, 1.54) is 0 Å². The highest BCUT2D eigenvalue weighted by Gasteiger charge is 2.20. The molecule has 1 aliphatic heterocycles. The molecular formula is C26H39N5O4S. The summed E-state index contributed by atoms with van der Waals surface area (Å²) in [5.74, 6) is 1.14. The summed E-state index contributed by atoms with van der Waals surface area (Å²) in [6.07, 6.45) is 2.89. The number of carbonyl (C=O) groups excluding carboxylic acids is 1. The van der Waals surface area contributed by atoms with E-state index in [0.717, 1.165) is 56.0 Å². The maximum Gasteiger partial charge on any atom is 0.319 e. The second-order valence-electron chi connectivity index (χ2n) is 9.63. The van der Waals surface area contributed by atoms with Gasteiger partial charge in [0, 0.05) is 36.7 Å². The van der Waals surface area contributed by atoms with Crippen molar-refractivity contribution in [3.8, 4) is 5.75 Å². The van der Waals surface area contributed by atoms with E-state index in [0.29, 0.717) is 24.8 Å². The van der Waals surface area contributed by atoms with Gasteiger partial charge in [-0.1, -0.05) is 0 Å². The van der Waals surface area contributed by atoms with Crippen LogP contribution in [-0.2, 0) is 10.0 Å². The molecule has 9 nitrogen and oxygen atoms in total. The summed E-state index contributed by atoms with van der Waals surface area (Å²) in [4.78, 5) is 19.1. The second-order valence-corrected chi connectivity index (χ2v) is 11.4. The number of carbonyl (C=O) groups is 1. The fraction of sp³-hybridized carbons (Fsp3) is 0.538. The maximum absolute atomic E-state index is 12.6. The quantitative estimate of drug-likeness (QED) is 0.419. The lowest BCUT2D eigenvalue weighted by Crippen LogP contribution is -2.41. The van der Waals surface area contributed by atoms with E-state index in [1.54, 1.807) is 24.3 Å². The molecule has 0 radical (unpaired) electrons. The van der Waals surface area contributed by atoms with Gasteiger partial charge in [0.15, 0.2) is 0 Å². The normalized spacial score (nSPS) is 15.1. The number of aromatic nitrogens is 1. The minimum atomic E-state index is -3.53. The Morgan fingerprint density at radius 3 is 2.33 bits per heavy atom. The number of anilines is 1. The van der Waals surface area contributed by atoms with Crippen molar-refractivity contribution in [1.29, 1.82) is 0 Å². The fourth-order valence-corrected chi connectivity index (χ4v) is 5.41. The average molecular weight is 518 g/mol. The van der Waals surface area contributed by atoms with Crippen molar-refractivity contribution in [3.05, 3.63) is 47.8 Å². The van der Waals surface area contributed by atoms with Crippen LogP contribution >= 0.6 is 0 Å². The van der Waals surface area contributed by atoms with Gasteiger partial charge < -0.3 is 20.3 Å². The minimum Gasteiger partial charge on any atom is -0.491 e. The molecule has 0 atom stereocenters. The number of sulfonamides is 1. The van der Waals surface area contributed by atoms with Crippen LogP contribution in [0.4, 0.5) is 10.5 Å². The number of ether oxygens (including phenoxy) is 1. The van der Waals surface area contributed by atoms with Gasteiger partial charge >= 0.3 is 6.03 Å². The molecule has 1 aromatic carbocycles. The SMILES string of the molecule is Cc1cc(NC(=O)NCCN2CCC(CCNS(=O)(=O)c3ccc(OC(C)C)cc3)CC2)cc(C)n1. The highest BCUT2D eigenvalue weighted by molar-refractivity contribution is 7.89. The molecule has 0 bridgehead atoms. The van der Waals surface area contributed by atoms with Gasteiger partial charge in [0.25, 0.3) is 0 Å². The van der Waals surface area contributed by atoms with Crippen molar-refractivity contribution in [2.45, 2.75) is 58.0 Å². The van der Waals surface area contributed by atoms with Gasteiger partial charge in [0.05, 0.1) is 11.0 Å². The van der Waals surface area contributed by atoms with Crippen LogP contribution in [0.25, 0.3) is 0 Å². The molecule has 2 heterocycles. The van der Waals surface area contributed by atoms with Gasteiger partial charge in [-0.25, -0.2) is 17.9 Å². The first-order valence-electron chi connectivity index (χ1n) is 12.6. The van der Waals surface area contributed by atoms with Crippen molar-refractivity contribution >= 4 is 21.7 Å². The summed E-state index contributed by atoms with van der Waals surface area (Å²) in [7, 11) is -3.53. The van der Waals surface area contributed by atoms with Crippen molar-refractivity contribution in [3.63, 3.8) is 0 Å². The molecule has 3 N–H and O–H groups in total. The summed E-state index contributed by atoms with van der Waals surface area (Å²) in [5.41, 5.74) is 2.48. The molecule has 1 fully saturated rings. The Kier molecular flexibility index (Phi) is 10.1. The third-order valence-corrected chi connectivity index (χ3v) is 7.59. The second kappa shape index (κ2) is 13.0. The molecule has 0 saturated carbocycles. The number of benzene rings is 1. The molecule has 0 spiro atoms. The molecule has 198 valence electrons. The van der Waals surface area contributed by atoms with E-state index in [-0.39, 0.29) is 17.0 Å². The largest absolute Gasteiger partial charge is 0.491 e. The Bertz CT molecular complexity index is 1080. The predicted octanol–water partition coefficient (Wildman–Crippen LogP) is 3.69. The predicted molar refractivity (Wildman–Crippen MR) is 142 cm³/mol. The topological polar surface area (TPSA) is 113 Å². The summed E-state index contributed by atoms with van der Waals surface area (Å²) < 4.78 is 33.5. The molecule has 3 rings (SSSR count). The third kappa shape index (κ3) is 9.07. The number of amides is 2. The van der Waals surface area contributed by atoms with Crippen molar-refractivity contribution in [1.82, 2.24) is 19.9 Å². The van der Waals surface area contributed by atoms with Crippen LogP contribution in [0.5, 0.6) is 5.75 Å². The van der Waals surface area contributed by atoms with Crippen LogP contribution in [0.2, 0.25) is 0 Å². The Morgan fingerprint density at radius 1 is 1.08 bits per heavy atom. The molecule has 2 amide bonds. The molecule has 36 heavy (non-hydrogen) atoms. The van der Waals surface area contributed by atoms with Gasteiger partial charge in [0.2, 0.25) is 10.0 Å². The highest BCUT2D eigenvalue weighted by Crippen LogP contribution is 2.21.